The Balaban J connectivity index is 1.90. The van der Waals surface area contributed by atoms with Crippen molar-refractivity contribution in [3.8, 4) is 0 Å². The number of unbranched alkanes of at least 4 members (excludes halogenated alkanes) is 12. The van der Waals surface area contributed by atoms with Gasteiger partial charge < -0.3 is 0 Å². The molecule has 2 nitrogen and oxygen atoms in total. The van der Waals surface area contributed by atoms with Crippen molar-refractivity contribution >= 4 is 9.84 Å². The van der Waals surface area contributed by atoms with E-state index in [9.17, 15) is 8.42 Å². The third kappa shape index (κ3) is 12.8. The lowest BCUT2D eigenvalue weighted by molar-refractivity contribution is 0.581. The van der Waals surface area contributed by atoms with Crippen LogP contribution in [-0.2, 0) is 9.84 Å². The summed E-state index contributed by atoms with van der Waals surface area (Å²) in [6.45, 7) is 2.26. The quantitative estimate of drug-likeness (QED) is 0.203. The Hall–Kier alpha value is -1.09. The number of allylic oxidation sites excluding steroid dienone is 2. The summed E-state index contributed by atoms with van der Waals surface area (Å²) >= 11 is 0. The molecule has 0 bridgehead atoms. The number of sulfone groups is 1. The lowest BCUT2D eigenvalue weighted by Crippen LogP contribution is -2.06. The van der Waals surface area contributed by atoms with Crippen molar-refractivity contribution in [2.45, 2.75) is 102 Å². The maximum absolute atomic E-state index is 12.2. The molecule has 0 heterocycles. The Morgan fingerprint density at radius 3 is 1.70 bits per heavy atom. The molecule has 3 heteroatoms. The van der Waals surface area contributed by atoms with Crippen molar-refractivity contribution in [1.82, 2.24) is 0 Å². The number of hydrogen-bond donors (Lipinski definition) is 0. The zero-order valence-corrected chi connectivity index (χ0v) is 18.2. The van der Waals surface area contributed by atoms with Gasteiger partial charge in [0.15, 0.2) is 9.84 Å². The Kier molecular flexibility index (Phi) is 14.1. The van der Waals surface area contributed by atoms with Gasteiger partial charge in [-0.15, -0.1) is 0 Å². The van der Waals surface area contributed by atoms with E-state index in [-0.39, 0.29) is 5.75 Å². The molecule has 0 aromatic heterocycles. The van der Waals surface area contributed by atoms with Crippen LogP contribution in [0.2, 0.25) is 0 Å². The second-order valence-corrected chi connectivity index (χ2v) is 9.68. The van der Waals surface area contributed by atoms with E-state index in [0.717, 1.165) is 19.3 Å². The van der Waals surface area contributed by atoms with E-state index >= 15 is 0 Å². The molecule has 0 radical (unpaired) electrons. The van der Waals surface area contributed by atoms with Gasteiger partial charge in [-0.1, -0.05) is 95.1 Å². The Morgan fingerprint density at radius 1 is 0.667 bits per heavy atom. The summed E-state index contributed by atoms with van der Waals surface area (Å²) in [7, 11) is -3.09. The second kappa shape index (κ2) is 15.9. The van der Waals surface area contributed by atoms with Crippen molar-refractivity contribution in [2.24, 2.45) is 0 Å². The van der Waals surface area contributed by atoms with Gasteiger partial charge in [-0.25, -0.2) is 8.42 Å². The molecule has 0 aliphatic heterocycles. The standard InChI is InChI=1S/C24H40O2S/c1-2-3-4-5-6-7-8-9-10-11-12-13-14-15-16-20-23-27(25,26)24-21-18-17-19-22-24/h9-10,17-19,21-22H,2-8,11-16,20,23H2,1H3/b10-9-. The Labute approximate surface area is 168 Å². The zero-order chi connectivity index (χ0) is 19.6. The molecule has 0 atom stereocenters. The minimum absolute atomic E-state index is 0.276. The molecule has 0 unspecified atom stereocenters. The highest BCUT2D eigenvalue weighted by molar-refractivity contribution is 7.91. The zero-order valence-electron chi connectivity index (χ0n) is 17.4. The summed E-state index contributed by atoms with van der Waals surface area (Å²) in [4.78, 5) is 0.456. The molecule has 0 spiro atoms. The average molecular weight is 393 g/mol. The number of hydrogen-bond acceptors (Lipinski definition) is 2. The van der Waals surface area contributed by atoms with Crippen LogP contribution < -0.4 is 0 Å². The first-order valence-electron chi connectivity index (χ1n) is 11.1. The molecular formula is C24H40O2S. The molecule has 0 saturated carbocycles. The van der Waals surface area contributed by atoms with Gasteiger partial charge in [-0.2, -0.15) is 0 Å². The first-order valence-corrected chi connectivity index (χ1v) is 12.7. The number of benzene rings is 1. The Bertz CT molecular complexity index is 576. The maximum Gasteiger partial charge on any atom is 0.178 e. The summed E-state index contributed by atoms with van der Waals surface area (Å²) in [5, 5.41) is 0. The second-order valence-electron chi connectivity index (χ2n) is 7.57. The minimum atomic E-state index is -3.09. The van der Waals surface area contributed by atoms with Crippen LogP contribution in [0.3, 0.4) is 0 Å². The maximum atomic E-state index is 12.2. The fraction of sp³-hybridized carbons (Fsp3) is 0.667. The van der Waals surface area contributed by atoms with Gasteiger partial charge in [0.25, 0.3) is 0 Å². The topological polar surface area (TPSA) is 34.1 Å². The highest BCUT2D eigenvalue weighted by Crippen LogP contribution is 2.14. The first kappa shape index (κ1) is 23.9. The molecule has 0 aliphatic rings. The van der Waals surface area contributed by atoms with Crippen LogP contribution in [0.15, 0.2) is 47.4 Å². The van der Waals surface area contributed by atoms with Crippen molar-refractivity contribution < 1.29 is 8.42 Å². The van der Waals surface area contributed by atoms with E-state index in [1.807, 2.05) is 6.07 Å². The molecule has 0 amide bonds. The summed E-state index contributed by atoms with van der Waals surface area (Å²) in [6.07, 6.45) is 22.0. The van der Waals surface area contributed by atoms with Crippen LogP contribution in [0.1, 0.15) is 96.8 Å². The fourth-order valence-electron chi connectivity index (χ4n) is 3.29. The van der Waals surface area contributed by atoms with Crippen LogP contribution in [0.25, 0.3) is 0 Å². The lowest BCUT2D eigenvalue weighted by Gasteiger charge is -2.04. The van der Waals surface area contributed by atoms with Gasteiger partial charge >= 0.3 is 0 Å². The SMILES string of the molecule is CCCCCCCC/C=C\CCCCCCCCS(=O)(=O)c1ccccc1. The molecule has 0 saturated heterocycles. The van der Waals surface area contributed by atoms with Gasteiger partial charge in [0.2, 0.25) is 0 Å². The summed E-state index contributed by atoms with van der Waals surface area (Å²) < 4.78 is 24.3. The van der Waals surface area contributed by atoms with Crippen LogP contribution in [0, 0.1) is 0 Å². The summed E-state index contributed by atoms with van der Waals surface area (Å²) in [5.74, 6) is 0.276. The van der Waals surface area contributed by atoms with E-state index in [4.69, 9.17) is 0 Å². The largest absolute Gasteiger partial charge is 0.224 e. The normalized spacial score (nSPS) is 12.0. The van der Waals surface area contributed by atoms with Crippen molar-refractivity contribution in [1.29, 1.82) is 0 Å². The van der Waals surface area contributed by atoms with Crippen molar-refractivity contribution in [2.75, 3.05) is 5.75 Å². The average Bonchev–Trinajstić information content (AvgIpc) is 2.68. The highest BCUT2D eigenvalue weighted by atomic mass is 32.2. The van der Waals surface area contributed by atoms with Gasteiger partial charge in [-0.05, 0) is 44.2 Å². The predicted octanol–water partition coefficient (Wildman–Crippen LogP) is 7.50. The van der Waals surface area contributed by atoms with Crippen LogP contribution >= 0.6 is 0 Å². The summed E-state index contributed by atoms with van der Waals surface area (Å²) in [6, 6.07) is 8.80. The molecule has 154 valence electrons. The highest BCUT2D eigenvalue weighted by Gasteiger charge is 2.12. The smallest absolute Gasteiger partial charge is 0.178 e. The monoisotopic (exact) mass is 392 g/mol. The van der Waals surface area contributed by atoms with Gasteiger partial charge in [0.1, 0.15) is 0 Å². The van der Waals surface area contributed by atoms with Gasteiger partial charge in [0, 0.05) is 0 Å². The molecule has 0 fully saturated rings. The Morgan fingerprint density at radius 2 is 1.15 bits per heavy atom. The van der Waals surface area contributed by atoms with E-state index in [2.05, 4.69) is 19.1 Å². The molecule has 27 heavy (non-hydrogen) atoms. The molecular weight excluding hydrogens is 352 g/mol. The van der Waals surface area contributed by atoms with Crippen molar-refractivity contribution in [3.63, 3.8) is 0 Å². The van der Waals surface area contributed by atoms with Gasteiger partial charge in [0.05, 0.1) is 10.6 Å². The van der Waals surface area contributed by atoms with Crippen molar-refractivity contribution in [3.05, 3.63) is 42.5 Å². The third-order valence-electron chi connectivity index (χ3n) is 5.03. The lowest BCUT2D eigenvalue weighted by atomic mass is 10.1. The van der Waals surface area contributed by atoms with Gasteiger partial charge in [-0.3, -0.25) is 0 Å². The van der Waals surface area contributed by atoms with E-state index in [0.29, 0.717) is 4.90 Å². The molecule has 0 aliphatic carbocycles. The molecule has 1 rings (SSSR count). The van der Waals surface area contributed by atoms with E-state index in [1.54, 1.807) is 24.3 Å². The molecule has 1 aromatic rings. The molecule has 1 aromatic carbocycles. The van der Waals surface area contributed by atoms with Crippen LogP contribution in [-0.4, -0.2) is 14.2 Å². The third-order valence-corrected chi connectivity index (χ3v) is 6.84. The van der Waals surface area contributed by atoms with E-state index in [1.165, 1.54) is 70.6 Å². The minimum Gasteiger partial charge on any atom is -0.224 e. The first-order chi connectivity index (χ1) is 13.2. The number of rotatable bonds is 17. The van der Waals surface area contributed by atoms with Crippen LogP contribution in [0.4, 0.5) is 0 Å². The van der Waals surface area contributed by atoms with E-state index < -0.39 is 9.84 Å². The predicted molar refractivity (Wildman–Crippen MR) is 118 cm³/mol. The molecule has 0 N–H and O–H groups in total. The fourth-order valence-corrected chi connectivity index (χ4v) is 4.68. The van der Waals surface area contributed by atoms with Crippen LogP contribution in [0.5, 0.6) is 0 Å². The summed E-state index contributed by atoms with van der Waals surface area (Å²) in [5.41, 5.74) is 0.